The van der Waals surface area contributed by atoms with E-state index < -0.39 is 7.53 Å². The lowest BCUT2D eigenvalue weighted by atomic mass is 10.1. The molecule has 0 fully saturated rings. The molecule has 2 unspecified atom stereocenters. The third kappa shape index (κ3) is 7.46. The van der Waals surface area contributed by atoms with E-state index in [0.29, 0.717) is 0 Å². The monoisotopic (exact) mass is 222 g/mol. The van der Waals surface area contributed by atoms with E-state index in [1.54, 1.807) is 0 Å². The highest BCUT2D eigenvalue weighted by Crippen LogP contribution is 2.54. The van der Waals surface area contributed by atoms with Crippen LogP contribution >= 0.6 is 25.4 Å². The van der Waals surface area contributed by atoms with Crippen LogP contribution in [0.5, 0.6) is 0 Å². The van der Waals surface area contributed by atoms with Gasteiger partial charge in [-0.3, -0.25) is 0 Å². The van der Waals surface area contributed by atoms with Gasteiger partial charge in [0.15, 0.2) is 0 Å². The minimum atomic E-state index is -0.476. The van der Waals surface area contributed by atoms with Gasteiger partial charge in [0.1, 0.15) is 6.10 Å². The van der Waals surface area contributed by atoms with Crippen molar-refractivity contribution < 1.29 is 4.52 Å². The standard InChI is InChI=1S/C8H17OP3/c1-3-5-6-7-8(4-2)9-12(10)11/h2,8H,3,5-7,10-11H2,1H3/t8-/m1/s1. The van der Waals surface area contributed by atoms with E-state index >= 15 is 0 Å². The van der Waals surface area contributed by atoms with Gasteiger partial charge in [0.05, 0.1) is 7.53 Å². The number of rotatable bonds is 6. The molecule has 0 aliphatic carbocycles. The fourth-order valence-electron chi connectivity index (χ4n) is 0.893. The Morgan fingerprint density at radius 3 is 2.58 bits per heavy atom. The maximum atomic E-state index is 5.50. The second kappa shape index (κ2) is 8.41. The molecule has 1 nitrogen and oxygen atoms in total. The summed E-state index contributed by atoms with van der Waals surface area (Å²) >= 11 is 0. The Balaban J connectivity index is 3.48. The predicted molar refractivity (Wildman–Crippen MR) is 64.2 cm³/mol. The van der Waals surface area contributed by atoms with Gasteiger partial charge in [-0.25, -0.2) is 0 Å². The van der Waals surface area contributed by atoms with Crippen molar-refractivity contribution in [2.45, 2.75) is 38.7 Å². The van der Waals surface area contributed by atoms with E-state index in [1.807, 2.05) is 0 Å². The third-order valence-electron chi connectivity index (χ3n) is 1.50. The Hall–Kier alpha value is 0.810. The molecule has 0 saturated heterocycles. The first-order chi connectivity index (χ1) is 5.70. The second-order valence-electron chi connectivity index (χ2n) is 2.62. The summed E-state index contributed by atoms with van der Waals surface area (Å²) in [6.07, 6.45) is 9.97. The number of unbranched alkanes of at least 4 members (excludes halogenated alkanes) is 2. The van der Waals surface area contributed by atoms with Crippen molar-refractivity contribution in [3.8, 4) is 12.3 Å². The maximum Gasteiger partial charge on any atom is 0.123 e. The highest BCUT2D eigenvalue weighted by Gasteiger charge is 2.06. The minimum absolute atomic E-state index is 0.0117. The van der Waals surface area contributed by atoms with E-state index in [0.717, 1.165) is 6.42 Å². The van der Waals surface area contributed by atoms with Crippen LogP contribution in [0, 0.1) is 12.3 Å². The molecule has 0 aromatic heterocycles. The first kappa shape index (κ1) is 12.8. The summed E-state index contributed by atoms with van der Waals surface area (Å²) in [4.78, 5) is 0. The molecule has 0 bridgehead atoms. The van der Waals surface area contributed by atoms with Crippen molar-refractivity contribution in [3.63, 3.8) is 0 Å². The molecule has 0 spiro atoms. The van der Waals surface area contributed by atoms with Gasteiger partial charge in [-0.05, 0) is 12.8 Å². The average Bonchev–Trinajstić information content (AvgIpc) is 2.02. The molecule has 0 radical (unpaired) electrons. The van der Waals surface area contributed by atoms with Crippen LogP contribution in [0.4, 0.5) is 0 Å². The molecule has 70 valence electrons. The van der Waals surface area contributed by atoms with Gasteiger partial charge in [-0.15, -0.1) is 6.42 Å². The smallest absolute Gasteiger partial charge is 0.123 e. The zero-order valence-electron chi connectivity index (χ0n) is 7.49. The molecule has 4 heteroatoms. The Morgan fingerprint density at radius 1 is 1.50 bits per heavy atom. The lowest BCUT2D eigenvalue weighted by Crippen LogP contribution is -2.04. The van der Waals surface area contributed by atoms with E-state index in [4.69, 9.17) is 10.9 Å². The SMILES string of the molecule is C#C[C@H](CCCCC)OP(P)P. The van der Waals surface area contributed by atoms with E-state index in [2.05, 4.69) is 30.7 Å². The van der Waals surface area contributed by atoms with Gasteiger partial charge in [0.25, 0.3) is 0 Å². The van der Waals surface area contributed by atoms with Crippen molar-refractivity contribution in [2.24, 2.45) is 0 Å². The van der Waals surface area contributed by atoms with Gasteiger partial charge in [0, 0.05) is 0 Å². The van der Waals surface area contributed by atoms with Crippen molar-refractivity contribution in [3.05, 3.63) is 0 Å². The van der Waals surface area contributed by atoms with Crippen molar-refractivity contribution in [1.82, 2.24) is 0 Å². The summed E-state index contributed by atoms with van der Waals surface area (Å²) in [5.74, 6) is 2.66. The lowest BCUT2D eigenvalue weighted by molar-refractivity contribution is 0.281. The van der Waals surface area contributed by atoms with Crippen LogP contribution in [-0.2, 0) is 4.52 Å². The first-order valence-corrected chi connectivity index (χ1v) is 8.62. The Kier molecular flexibility index (Phi) is 8.98. The zero-order valence-corrected chi connectivity index (χ0v) is 10.7. The quantitative estimate of drug-likeness (QED) is 0.379. The first-order valence-electron chi connectivity index (χ1n) is 4.13. The van der Waals surface area contributed by atoms with Crippen LogP contribution in [0.1, 0.15) is 32.6 Å². The molecular weight excluding hydrogens is 205 g/mol. The molecule has 0 rings (SSSR count). The van der Waals surface area contributed by atoms with Gasteiger partial charge >= 0.3 is 0 Å². The van der Waals surface area contributed by atoms with Gasteiger partial charge < -0.3 is 4.52 Å². The molecule has 0 aromatic carbocycles. The molecule has 0 N–H and O–H groups in total. The molecular formula is C8H17OP3. The Labute approximate surface area is 81.4 Å². The highest BCUT2D eigenvalue weighted by atomic mass is 32.4. The zero-order chi connectivity index (χ0) is 9.40. The largest absolute Gasteiger partial charge is 0.336 e. The fourth-order valence-corrected chi connectivity index (χ4v) is 2.23. The molecule has 0 heterocycles. The molecule has 12 heavy (non-hydrogen) atoms. The van der Waals surface area contributed by atoms with Crippen molar-refractivity contribution in [1.29, 1.82) is 0 Å². The van der Waals surface area contributed by atoms with Gasteiger partial charge in [-0.2, -0.15) is 0 Å². The third-order valence-corrected chi connectivity index (χ3v) is 2.73. The van der Waals surface area contributed by atoms with Crippen LogP contribution in [0.2, 0.25) is 0 Å². The lowest BCUT2D eigenvalue weighted by Gasteiger charge is -2.13. The van der Waals surface area contributed by atoms with Crippen LogP contribution in [0.3, 0.4) is 0 Å². The van der Waals surface area contributed by atoms with Gasteiger partial charge in [-0.1, -0.05) is 43.5 Å². The topological polar surface area (TPSA) is 9.23 Å². The van der Waals surface area contributed by atoms with E-state index in [-0.39, 0.29) is 6.10 Å². The molecule has 0 saturated carbocycles. The van der Waals surface area contributed by atoms with Crippen molar-refractivity contribution in [2.75, 3.05) is 0 Å². The summed E-state index contributed by atoms with van der Waals surface area (Å²) in [6.45, 7) is 2.18. The van der Waals surface area contributed by atoms with Crippen LogP contribution in [-0.4, -0.2) is 6.10 Å². The van der Waals surface area contributed by atoms with Crippen LogP contribution in [0.15, 0.2) is 0 Å². The van der Waals surface area contributed by atoms with Crippen LogP contribution < -0.4 is 0 Å². The number of hydrogen-bond acceptors (Lipinski definition) is 1. The summed E-state index contributed by atoms with van der Waals surface area (Å²) in [6, 6.07) is 0. The molecule has 0 aliphatic heterocycles. The molecule has 0 amide bonds. The van der Waals surface area contributed by atoms with E-state index in [9.17, 15) is 0 Å². The van der Waals surface area contributed by atoms with Crippen LogP contribution in [0.25, 0.3) is 0 Å². The summed E-state index contributed by atoms with van der Waals surface area (Å²) in [5.41, 5.74) is 0. The number of terminal acetylenes is 1. The predicted octanol–water partition coefficient (Wildman–Crippen LogP) is 3.56. The second-order valence-corrected chi connectivity index (χ2v) is 8.39. The van der Waals surface area contributed by atoms with E-state index in [1.165, 1.54) is 19.3 Å². The fraction of sp³-hybridized carbons (Fsp3) is 0.750. The Bertz CT molecular complexity index is 142. The maximum absolute atomic E-state index is 5.50. The number of hydrogen-bond donors (Lipinski definition) is 0. The molecule has 0 aromatic rings. The van der Waals surface area contributed by atoms with Gasteiger partial charge in [0.2, 0.25) is 0 Å². The minimum Gasteiger partial charge on any atom is -0.336 e. The average molecular weight is 222 g/mol. The summed E-state index contributed by atoms with van der Waals surface area (Å²) in [5, 5.41) is 0. The molecule has 0 aliphatic rings. The van der Waals surface area contributed by atoms with Crippen molar-refractivity contribution >= 4 is 25.4 Å². The summed E-state index contributed by atoms with van der Waals surface area (Å²) in [7, 11) is 4.76. The molecule has 3 atom stereocenters. The summed E-state index contributed by atoms with van der Waals surface area (Å²) < 4.78 is 5.50. The normalized spacial score (nSPS) is 12.9. The highest BCUT2D eigenvalue weighted by molar-refractivity contribution is 8.41. The Morgan fingerprint density at radius 2 is 2.17 bits per heavy atom.